The summed E-state index contributed by atoms with van der Waals surface area (Å²) in [6.07, 6.45) is 2.46. The Morgan fingerprint density at radius 1 is 1.39 bits per heavy atom. The van der Waals surface area contributed by atoms with Gasteiger partial charge in [0.05, 0.1) is 6.54 Å². The van der Waals surface area contributed by atoms with Crippen LogP contribution in [0.4, 0.5) is 0 Å². The van der Waals surface area contributed by atoms with Crippen molar-refractivity contribution in [2.75, 3.05) is 39.3 Å². The minimum atomic E-state index is 0.415. The van der Waals surface area contributed by atoms with Crippen molar-refractivity contribution in [2.24, 2.45) is 10.4 Å². The second-order valence-electron chi connectivity index (χ2n) is 7.47. The third-order valence-corrected chi connectivity index (χ3v) is 5.90. The maximum absolute atomic E-state index is 4.89. The van der Waals surface area contributed by atoms with E-state index in [0.717, 1.165) is 45.2 Å². The van der Waals surface area contributed by atoms with Gasteiger partial charge in [-0.25, -0.2) is 0 Å². The van der Waals surface area contributed by atoms with E-state index in [-0.39, 0.29) is 0 Å². The van der Waals surface area contributed by atoms with Crippen LogP contribution in [0.1, 0.15) is 37.6 Å². The molecule has 2 aliphatic rings. The lowest BCUT2D eigenvalue weighted by Crippen LogP contribution is -2.41. The molecule has 1 saturated heterocycles. The van der Waals surface area contributed by atoms with Gasteiger partial charge in [-0.15, -0.1) is 11.3 Å². The van der Waals surface area contributed by atoms with E-state index in [2.05, 4.69) is 47.3 Å². The fourth-order valence-corrected chi connectivity index (χ4v) is 4.40. The van der Waals surface area contributed by atoms with E-state index in [1.54, 1.807) is 4.88 Å². The smallest absolute Gasteiger partial charge is 0.193 e. The summed E-state index contributed by atoms with van der Waals surface area (Å²) in [6.45, 7) is 14.3. The molecule has 0 saturated carbocycles. The molecule has 1 fully saturated rings. The minimum absolute atomic E-state index is 0.415. The van der Waals surface area contributed by atoms with Gasteiger partial charge >= 0.3 is 0 Å². The van der Waals surface area contributed by atoms with Crippen LogP contribution in [0.5, 0.6) is 0 Å². The van der Waals surface area contributed by atoms with Crippen LogP contribution in [0.15, 0.2) is 16.4 Å². The Labute approximate surface area is 144 Å². The Hall–Kier alpha value is -1.07. The standard InChI is InChI=1S/C18H30N4S/c1-4-19-17(22-10-7-18(2,3)14-22)20-8-11-21-9-5-16-15(13-21)6-12-23-16/h6,12H,4-5,7-11,13-14H2,1-3H3,(H,19,20). The highest BCUT2D eigenvalue weighted by molar-refractivity contribution is 7.10. The molecule has 5 heteroatoms. The summed E-state index contributed by atoms with van der Waals surface area (Å²) in [5, 5.41) is 5.70. The first-order valence-corrected chi connectivity index (χ1v) is 9.76. The zero-order chi connectivity index (χ0) is 16.3. The van der Waals surface area contributed by atoms with Gasteiger partial charge in [0, 0.05) is 44.1 Å². The predicted octanol–water partition coefficient (Wildman–Crippen LogP) is 2.80. The molecule has 2 aliphatic heterocycles. The van der Waals surface area contributed by atoms with Crippen LogP contribution in [0.3, 0.4) is 0 Å². The molecule has 4 nitrogen and oxygen atoms in total. The molecule has 1 N–H and O–H groups in total. The highest BCUT2D eigenvalue weighted by Crippen LogP contribution is 2.28. The molecule has 23 heavy (non-hydrogen) atoms. The molecule has 0 aromatic carbocycles. The minimum Gasteiger partial charge on any atom is -0.357 e. The summed E-state index contributed by atoms with van der Waals surface area (Å²) in [6, 6.07) is 2.28. The van der Waals surface area contributed by atoms with Crippen molar-refractivity contribution in [3.8, 4) is 0 Å². The van der Waals surface area contributed by atoms with Crippen LogP contribution in [-0.4, -0.2) is 55.0 Å². The Morgan fingerprint density at radius 3 is 3.00 bits per heavy atom. The third kappa shape index (κ3) is 4.27. The predicted molar refractivity (Wildman–Crippen MR) is 99.2 cm³/mol. The molecule has 0 aliphatic carbocycles. The summed E-state index contributed by atoms with van der Waals surface area (Å²) >= 11 is 1.91. The number of rotatable bonds is 4. The first kappa shape index (κ1) is 16.8. The maximum atomic E-state index is 4.89. The number of guanidine groups is 1. The van der Waals surface area contributed by atoms with Crippen molar-refractivity contribution in [3.63, 3.8) is 0 Å². The van der Waals surface area contributed by atoms with Gasteiger partial charge in [0.15, 0.2) is 5.96 Å². The topological polar surface area (TPSA) is 30.9 Å². The number of hydrogen-bond donors (Lipinski definition) is 1. The molecule has 0 unspecified atom stereocenters. The summed E-state index contributed by atoms with van der Waals surface area (Å²) in [5.74, 6) is 1.10. The molecular weight excluding hydrogens is 304 g/mol. The van der Waals surface area contributed by atoms with Crippen molar-refractivity contribution in [2.45, 2.75) is 40.2 Å². The van der Waals surface area contributed by atoms with Gasteiger partial charge < -0.3 is 10.2 Å². The molecule has 128 valence electrons. The molecule has 1 aromatic heterocycles. The molecular formula is C18H30N4S. The maximum Gasteiger partial charge on any atom is 0.193 e. The molecule has 3 rings (SSSR count). The molecule has 0 radical (unpaired) electrons. The van der Waals surface area contributed by atoms with Crippen molar-refractivity contribution < 1.29 is 0 Å². The number of fused-ring (bicyclic) bond motifs is 1. The molecule has 0 spiro atoms. The molecule has 3 heterocycles. The van der Waals surface area contributed by atoms with E-state index in [4.69, 9.17) is 4.99 Å². The SMILES string of the molecule is CCNC(=NCCN1CCc2sccc2C1)N1CCC(C)(C)C1. The van der Waals surface area contributed by atoms with Gasteiger partial charge in [0.25, 0.3) is 0 Å². The fourth-order valence-electron chi connectivity index (χ4n) is 3.51. The zero-order valence-electron chi connectivity index (χ0n) is 14.8. The normalized spacial score (nSPS) is 21.5. The van der Waals surface area contributed by atoms with Crippen LogP contribution in [0, 0.1) is 5.41 Å². The van der Waals surface area contributed by atoms with Crippen molar-refractivity contribution in [3.05, 3.63) is 21.9 Å². The van der Waals surface area contributed by atoms with Gasteiger partial charge in [-0.05, 0) is 42.2 Å². The van der Waals surface area contributed by atoms with E-state index in [1.807, 2.05) is 11.3 Å². The second kappa shape index (κ2) is 7.22. The lowest BCUT2D eigenvalue weighted by molar-refractivity contribution is 0.263. The number of nitrogens with one attached hydrogen (secondary N) is 1. The highest BCUT2D eigenvalue weighted by atomic mass is 32.1. The number of hydrogen-bond acceptors (Lipinski definition) is 3. The quantitative estimate of drug-likeness (QED) is 0.678. The molecule has 0 atom stereocenters. The summed E-state index contributed by atoms with van der Waals surface area (Å²) in [7, 11) is 0. The van der Waals surface area contributed by atoms with Crippen LogP contribution in [-0.2, 0) is 13.0 Å². The number of thiophene rings is 1. The van der Waals surface area contributed by atoms with E-state index in [0.29, 0.717) is 5.41 Å². The Balaban J connectivity index is 1.53. The highest BCUT2D eigenvalue weighted by Gasteiger charge is 2.30. The van der Waals surface area contributed by atoms with Crippen LogP contribution < -0.4 is 5.32 Å². The second-order valence-corrected chi connectivity index (χ2v) is 8.47. The van der Waals surface area contributed by atoms with Gasteiger partial charge in [0.1, 0.15) is 0 Å². The average Bonchev–Trinajstić information content (AvgIpc) is 3.12. The van der Waals surface area contributed by atoms with Crippen molar-refractivity contribution in [1.29, 1.82) is 0 Å². The Kier molecular flexibility index (Phi) is 5.27. The number of likely N-dealkylation sites (tertiary alicyclic amines) is 1. The zero-order valence-corrected chi connectivity index (χ0v) is 15.6. The molecule has 0 amide bonds. The van der Waals surface area contributed by atoms with E-state index < -0.39 is 0 Å². The average molecular weight is 335 g/mol. The van der Waals surface area contributed by atoms with Gasteiger partial charge in [-0.2, -0.15) is 0 Å². The lowest BCUT2D eigenvalue weighted by Gasteiger charge is -2.27. The van der Waals surface area contributed by atoms with E-state index in [9.17, 15) is 0 Å². The summed E-state index contributed by atoms with van der Waals surface area (Å²) < 4.78 is 0. The Bertz CT molecular complexity index is 549. The monoisotopic (exact) mass is 334 g/mol. The van der Waals surface area contributed by atoms with Crippen molar-refractivity contribution in [1.82, 2.24) is 15.1 Å². The van der Waals surface area contributed by atoms with E-state index >= 15 is 0 Å². The lowest BCUT2D eigenvalue weighted by atomic mass is 9.93. The molecule has 1 aromatic rings. The number of nitrogens with zero attached hydrogens (tertiary/aromatic N) is 3. The number of aliphatic imine (C=N–C) groups is 1. The Morgan fingerprint density at radius 2 is 2.26 bits per heavy atom. The van der Waals surface area contributed by atoms with Gasteiger partial charge in [-0.3, -0.25) is 9.89 Å². The van der Waals surface area contributed by atoms with Crippen molar-refractivity contribution >= 4 is 17.3 Å². The first-order valence-electron chi connectivity index (χ1n) is 8.88. The fraction of sp³-hybridized carbons (Fsp3) is 0.722. The third-order valence-electron chi connectivity index (χ3n) is 4.88. The first-order chi connectivity index (χ1) is 11.1. The summed E-state index contributed by atoms with van der Waals surface area (Å²) in [4.78, 5) is 11.4. The van der Waals surface area contributed by atoms with Crippen LogP contribution in [0.2, 0.25) is 0 Å². The van der Waals surface area contributed by atoms with Crippen LogP contribution in [0.25, 0.3) is 0 Å². The van der Waals surface area contributed by atoms with Gasteiger partial charge in [0.2, 0.25) is 0 Å². The largest absolute Gasteiger partial charge is 0.357 e. The van der Waals surface area contributed by atoms with E-state index in [1.165, 1.54) is 24.9 Å². The van der Waals surface area contributed by atoms with Crippen LogP contribution >= 0.6 is 11.3 Å². The van der Waals surface area contributed by atoms with Gasteiger partial charge in [-0.1, -0.05) is 13.8 Å². The molecule has 0 bridgehead atoms. The summed E-state index contributed by atoms with van der Waals surface area (Å²) in [5.41, 5.74) is 1.94.